The minimum absolute atomic E-state index is 1.07. The number of nitrogens with zero attached hydrogens (tertiary/aromatic N) is 2. The Bertz CT molecular complexity index is 622. The summed E-state index contributed by atoms with van der Waals surface area (Å²) in [4.78, 5) is 4.96. The van der Waals surface area contributed by atoms with Crippen molar-refractivity contribution in [3.8, 4) is 11.1 Å². The zero-order valence-corrected chi connectivity index (χ0v) is 15.9. The van der Waals surface area contributed by atoms with Crippen LogP contribution in [0.5, 0.6) is 0 Å². The van der Waals surface area contributed by atoms with E-state index in [4.69, 9.17) is 0 Å². The highest BCUT2D eigenvalue weighted by molar-refractivity contribution is 5.63. The van der Waals surface area contributed by atoms with Gasteiger partial charge in [-0.3, -0.25) is 4.90 Å². The molecule has 0 spiro atoms. The van der Waals surface area contributed by atoms with Crippen LogP contribution < -0.4 is 0 Å². The van der Waals surface area contributed by atoms with Gasteiger partial charge in [0, 0.05) is 32.7 Å². The van der Waals surface area contributed by atoms with Crippen LogP contribution in [-0.2, 0) is 13.0 Å². The molecule has 134 valence electrons. The van der Waals surface area contributed by atoms with E-state index >= 15 is 0 Å². The Morgan fingerprint density at radius 3 is 1.84 bits per heavy atom. The molecule has 0 bridgehead atoms. The maximum absolute atomic E-state index is 2.56. The van der Waals surface area contributed by atoms with Gasteiger partial charge in [-0.1, -0.05) is 68.3 Å². The lowest BCUT2D eigenvalue weighted by atomic mass is 10.0. The third-order valence-electron chi connectivity index (χ3n) is 5.31. The fourth-order valence-corrected chi connectivity index (χ4v) is 3.51. The molecule has 0 radical (unpaired) electrons. The first-order valence-electron chi connectivity index (χ1n) is 9.84. The van der Waals surface area contributed by atoms with Crippen molar-refractivity contribution < 1.29 is 0 Å². The molecule has 2 aromatic carbocycles. The number of hydrogen-bond donors (Lipinski definition) is 0. The molecule has 2 nitrogen and oxygen atoms in total. The molecule has 1 aliphatic rings. The summed E-state index contributed by atoms with van der Waals surface area (Å²) in [6.45, 7) is 8.06. The summed E-state index contributed by atoms with van der Waals surface area (Å²) in [5.74, 6) is 0. The predicted octanol–water partition coefficient (Wildman–Crippen LogP) is 4.83. The van der Waals surface area contributed by atoms with E-state index in [1.54, 1.807) is 0 Å². The normalized spacial score (nSPS) is 16.2. The van der Waals surface area contributed by atoms with Gasteiger partial charge in [0.05, 0.1) is 0 Å². The van der Waals surface area contributed by atoms with E-state index in [0.29, 0.717) is 0 Å². The molecule has 0 amide bonds. The number of hydrogen-bond acceptors (Lipinski definition) is 2. The molecule has 1 aliphatic heterocycles. The number of rotatable bonds is 7. The Hall–Kier alpha value is -1.64. The predicted molar refractivity (Wildman–Crippen MR) is 108 cm³/mol. The van der Waals surface area contributed by atoms with Gasteiger partial charge in [-0.2, -0.15) is 0 Å². The zero-order valence-electron chi connectivity index (χ0n) is 15.9. The molecule has 0 atom stereocenters. The molecule has 2 heteroatoms. The first-order chi connectivity index (χ1) is 12.2. The number of likely N-dealkylation sites (N-methyl/N-ethyl adjacent to an activating group) is 1. The summed E-state index contributed by atoms with van der Waals surface area (Å²) in [6, 6.07) is 18.3. The van der Waals surface area contributed by atoms with Crippen molar-refractivity contribution in [1.29, 1.82) is 0 Å². The van der Waals surface area contributed by atoms with Crippen LogP contribution in [-0.4, -0.2) is 43.0 Å². The van der Waals surface area contributed by atoms with Gasteiger partial charge in [0.15, 0.2) is 0 Å². The second kappa shape index (κ2) is 9.17. The standard InChI is InChI=1S/C23H32N2/c1-3-4-5-6-20-7-11-22(12-8-20)23-13-9-21(10-14-23)19-25-17-15-24(2)16-18-25/h7-14H,3-6,15-19H2,1-2H3. The maximum Gasteiger partial charge on any atom is 0.0234 e. The molecule has 1 heterocycles. The van der Waals surface area contributed by atoms with Crippen LogP contribution in [0.2, 0.25) is 0 Å². The monoisotopic (exact) mass is 336 g/mol. The lowest BCUT2D eigenvalue weighted by Gasteiger charge is -2.32. The van der Waals surface area contributed by atoms with Crippen molar-refractivity contribution >= 4 is 0 Å². The quantitative estimate of drug-likeness (QED) is 0.668. The second-order valence-electron chi connectivity index (χ2n) is 7.43. The van der Waals surface area contributed by atoms with E-state index in [1.807, 2.05) is 0 Å². The molecule has 3 rings (SSSR count). The number of piperazine rings is 1. The summed E-state index contributed by atoms with van der Waals surface area (Å²) < 4.78 is 0. The van der Waals surface area contributed by atoms with Crippen molar-refractivity contribution in [3.63, 3.8) is 0 Å². The molecular formula is C23H32N2. The first kappa shape index (κ1) is 18.2. The molecule has 0 aromatic heterocycles. The summed E-state index contributed by atoms with van der Waals surface area (Å²) >= 11 is 0. The number of unbranched alkanes of at least 4 members (excludes halogenated alkanes) is 2. The van der Waals surface area contributed by atoms with Crippen molar-refractivity contribution in [2.75, 3.05) is 33.2 Å². The van der Waals surface area contributed by atoms with E-state index in [0.717, 1.165) is 6.54 Å². The topological polar surface area (TPSA) is 6.48 Å². The van der Waals surface area contributed by atoms with Crippen molar-refractivity contribution in [1.82, 2.24) is 9.80 Å². The molecule has 0 N–H and O–H groups in total. The lowest BCUT2D eigenvalue weighted by molar-refractivity contribution is 0.148. The minimum Gasteiger partial charge on any atom is -0.304 e. The van der Waals surface area contributed by atoms with Crippen LogP contribution >= 0.6 is 0 Å². The minimum atomic E-state index is 1.07. The number of benzene rings is 2. The van der Waals surface area contributed by atoms with Crippen LogP contribution in [0.3, 0.4) is 0 Å². The fraction of sp³-hybridized carbons (Fsp3) is 0.478. The molecule has 0 unspecified atom stereocenters. The van der Waals surface area contributed by atoms with Crippen molar-refractivity contribution in [3.05, 3.63) is 59.7 Å². The highest BCUT2D eigenvalue weighted by atomic mass is 15.2. The largest absolute Gasteiger partial charge is 0.304 e. The van der Waals surface area contributed by atoms with Crippen LogP contribution in [0.4, 0.5) is 0 Å². The molecule has 0 aliphatic carbocycles. The Labute approximate surface area is 153 Å². The maximum atomic E-state index is 2.56. The van der Waals surface area contributed by atoms with E-state index < -0.39 is 0 Å². The van der Waals surface area contributed by atoms with Gasteiger partial charge in [-0.15, -0.1) is 0 Å². The Morgan fingerprint density at radius 2 is 1.28 bits per heavy atom. The lowest BCUT2D eigenvalue weighted by Crippen LogP contribution is -2.43. The second-order valence-corrected chi connectivity index (χ2v) is 7.43. The summed E-state index contributed by atoms with van der Waals surface area (Å²) in [5, 5.41) is 0. The number of aryl methyl sites for hydroxylation is 1. The molecule has 2 aromatic rings. The first-order valence-corrected chi connectivity index (χ1v) is 9.84. The van der Waals surface area contributed by atoms with Crippen LogP contribution in [0.1, 0.15) is 37.3 Å². The van der Waals surface area contributed by atoms with E-state index in [1.165, 1.54) is 74.1 Å². The zero-order chi connectivity index (χ0) is 17.5. The third-order valence-corrected chi connectivity index (χ3v) is 5.31. The Kier molecular flexibility index (Phi) is 6.66. The van der Waals surface area contributed by atoms with Gasteiger partial charge in [-0.05, 0) is 42.1 Å². The van der Waals surface area contributed by atoms with E-state index in [9.17, 15) is 0 Å². The van der Waals surface area contributed by atoms with Crippen LogP contribution in [0.15, 0.2) is 48.5 Å². The molecule has 0 saturated carbocycles. The molecular weight excluding hydrogens is 304 g/mol. The third kappa shape index (κ3) is 5.42. The Morgan fingerprint density at radius 1 is 0.720 bits per heavy atom. The summed E-state index contributed by atoms with van der Waals surface area (Å²) in [6.07, 6.45) is 5.13. The van der Waals surface area contributed by atoms with Crippen LogP contribution in [0.25, 0.3) is 11.1 Å². The average Bonchev–Trinajstić information content (AvgIpc) is 2.65. The van der Waals surface area contributed by atoms with Gasteiger partial charge in [0.1, 0.15) is 0 Å². The highest BCUT2D eigenvalue weighted by Crippen LogP contribution is 2.21. The van der Waals surface area contributed by atoms with Gasteiger partial charge in [0.2, 0.25) is 0 Å². The van der Waals surface area contributed by atoms with Gasteiger partial charge >= 0.3 is 0 Å². The van der Waals surface area contributed by atoms with E-state index in [2.05, 4.69) is 72.3 Å². The SMILES string of the molecule is CCCCCc1ccc(-c2ccc(CN3CCN(C)CC3)cc2)cc1. The molecule has 1 fully saturated rings. The summed E-state index contributed by atoms with van der Waals surface area (Å²) in [5.41, 5.74) is 5.53. The van der Waals surface area contributed by atoms with Crippen LogP contribution in [0, 0.1) is 0 Å². The fourth-order valence-electron chi connectivity index (χ4n) is 3.51. The van der Waals surface area contributed by atoms with Gasteiger partial charge < -0.3 is 4.90 Å². The average molecular weight is 337 g/mol. The highest BCUT2D eigenvalue weighted by Gasteiger charge is 2.13. The van der Waals surface area contributed by atoms with Gasteiger partial charge in [0.25, 0.3) is 0 Å². The molecule has 1 saturated heterocycles. The van der Waals surface area contributed by atoms with Crippen molar-refractivity contribution in [2.24, 2.45) is 0 Å². The van der Waals surface area contributed by atoms with Crippen molar-refractivity contribution in [2.45, 2.75) is 39.2 Å². The van der Waals surface area contributed by atoms with E-state index in [-0.39, 0.29) is 0 Å². The Balaban J connectivity index is 1.56. The smallest absolute Gasteiger partial charge is 0.0234 e. The summed E-state index contributed by atoms with van der Waals surface area (Å²) in [7, 11) is 2.21. The van der Waals surface area contributed by atoms with Gasteiger partial charge in [-0.25, -0.2) is 0 Å². The molecule has 25 heavy (non-hydrogen) atoms.